The molecule has 0 aromatic heterocycles. The Bertz CT molecular complexity index is 405. The van der Waals surface area contributed by atoms with Crippen molar-refractivity contribution in [2.75, 3.05) is 26.8 Å². The van der Waals surface area contributed by atoms with Gasteiger partial charge in [0.2, 0.25) is 0 Å². The first-order valence-corrected chi connectivity index (χ1v) is 6.96. The highest BCUT2D eigenvalue weighted by molar-refractivity contribution is 5.25. The summed E-state index contributed by atoms with van der Waals surface area (Å²) in [6.45, 7) is 6.00. The number of nitrogens with one attached hydrogen (secondary N) is 1. The van der Waals surface area contributed by atoms with Crippen LogP contribution in [0, 0.1) is 5.82 Å². The molecule has 1 unspecified atom stereocenters. The van der Waals surface area contributed by atoms with E-state index >= 15 is 0 Å². The van der Waals surface area contributed by atoms with Crippen molar-refractivity contribution >= 4 is 0 Å². The van der Waals surface area contributed by atoms with Gasteiger partial charge in [-0.1, -0.05) is 19.1 Å². The fourth-order valence-electron chi connectivity index (χ4n) is 2.40. The maximum atomic E-state index is 13.9. The number of benzene rings is 1. The molecule has 3 nitrogen and oxygen atoms in total. The third-order valence-electron chi connectivity index (χ3n) is 3.64. The number of rotatable bonds is 6. The standard InChI is InChI=1S/C15H23FN2O/c1-3-17-9-12-4-5-15(16)13(8-12)10-18(2)14-6-7-19-11-14/h4-5,8,14,17H,3,6-7,9-11H2,1-2H3. The van der Waals surface area contributed by atoms with E-state index in [0.29, 0.717) is 12.6 Å². The fourth-order valence-corrected chi connectivity index (χ4v) is 2.40. The van der Waals surface area contributed by atoms with Crippen LogP contribution in [0.2, 0.25) is 0 Å². The van der Waals surface area contributed by atoms with E-state index < -0.39 is 0 Å². The molecule has 106 valence electrons. The molecule has 1 fully saturated rings. The average Bonchev–Trinajstić information content (AvgIpc) is 2.93. The summed E-state index contributed by atoms with van der Waals surface area (Å²) in [5, 5.41) is 3.26. The second-order valence-corrected chi connectivity index (χ2v) is 5.14. The number of halogens is 1. The van der Waals surface area contributed by atoms with E-state index in [1.807, 2.05) is 19.2 Å². The summed E-state index contributed by atoms with van der Waals surface area (Å²) < 4.78 is 19.2. The molecule has 1 saturated heterocycles. The molecule has 0 amide bonds. The molecule has 1 N–H and O–H groups in total. The SMILES string of the molecule is CCNCc1ccc(F)c(CN(C)C2CCOC2)c1. The lowest BCUT2D eigenvalue weighted by Gasteiger charge is -2.23. The highest BCUT2D eigenvalue weighted by Gasteiger charge is 2.21. The second kappa shape index (κ2) is 6.98. The van der Waals surface area contributed by atoms with Gasteiger partial charge in [-0.3, -0.25) is 4.90 Å². The van der Waals surface area contributed by atoms with Gasteiger partial charge in [-0.15, -0.1) is 0 Å². The highest BCUT2D eigenvalue weighted by atomic mass is 19.1. The third-order valence-corrected chi connectivity index (χ3v) is 3.64. The topological polar surface area (TPSA) is 24.5 Å². The first-order valence-electron chi connectivity index (χ1n) is 6.96. The average molecular weight is 266 g/mol. The first kappa shape index (κ1) is 14.4. The maximum Gasteiger partial charge on any atom is 0.127 e. The van der Waals surface area contributed by atoms with E-state index in [2.05, 4.69) is 17.1 Å². The molecule has 0 aliphatic carbocycles. The molecular formula is C15H23FN2O. The molecule has 2 rings (SSSR count). The predicted octanol–water partition coefficient (Wildman–Crippen LogP) is 2.16. The molecule has 0 spiro atoms. The zero-order valence-electron chi connectivity index (χ0n) is 11.8. The van der Waals surface area contributed by atoms with Crippen LogP contribution in [-0.2, 0) is 17.8 Å². The van der Waals surface area contributed by atoms with Crippen molar-refractivity contribution in [2.45, 2.75) is 32.5 Å². The number of nitrogens with zero attached hydrogens (tertiary/aromatic N) is 1. The van der Waals surface area contributed by atoms with Crippen LogP contribution >= 0.6 is 0 Å². The number of hydrogen-bond acceptors (Lipinski definition) is 3. The summed E-state index contributed by atoms with van der Waals surface area (Å²) in [7, 11) is 2.04. The number of ether oxygens (including phenoxy) is 1. The van der Waals surface area contributed by atoms with E-state index in [9.17, 15) is 4.39 Å². The smallest absolute Gasteiger partial charge is 0.127 e. The summed E-state index contributed by atoms with van der Waals surface area (Å²) >= 11 is 0. The van der Waals surface area contributed by atoms with E-state index in [1.165, 1.54) is 0 Å². The van der Waals surface area contributed by atoms with Crippen LogP contribution in [0.5, 0.6) is 0 Å². The molecule has 1 aliphatic rings. The summed E-state index contributed by atoms with van der Waals surface area (Å²) in [6.07, 6.45) is 1.04. The molecule has 1 aromatic rings. The second-order valence-electron chi connectivity index (χ2n) is 5.14. The van der Waals surface area contributed by atoms with Gasteiger partial charge in [0.15, 0.2) is 0 Å². The van der Waals surface area contributed by atoms with Gasteiger partial charge < -0.3 is 10.1 Å². The van der Waals surface area contributed by atoms with Crippen LogP contribution in [0.3, 0.4) is 0 Å². The maximum absolute atomic E-state index is 13.9. The highest BCUT2D eigenvalue weighted by Crippen LogP contribution is 2.17. The summed E-state index contributed by atoms with van der Waals surface area (Å²) in [5.74, 6) is -0.119. The normalized spacial score (nSPS) is 19.3. The van der Waals surface area contributed by atoms with Crippen LogP contribution in [0.15, 0.2) is 18.2 Å². The van der Waals surface area contributed by atoms with Crippen LogP contribution in [0.25, 0.3) is 0 Å². The molecular weight excluding hydrogens is 243 g/mol. The number of hydrogen-bond donors (Lipinski definition) is 1. The van der Waals surface area contributed by atoms with Crippen molar-refractivity contribution in [2.24, 2.45) is 0 Å². The Morgan fingerprint density at radius 3 is 3.00 bits per heavy atom. The Labute approximate surface area is 114 Å². The van der Waals surface area contributed by atoms with Gasteiger partial charge >= 0.3 is 0 Å². The summed E-state index contributed by atoms with van der Waals surface area (Å²) in [4.78, 5) is 2.18. The lowest BCUT2D eigenvalue weighted by molar-refractivity contribution is 0.155. The Morgan fingerprint density at radius 1 is 1.47 bits per heavy atom. The van der Waals surface area contributed by atoms with Gasteiger partial charge in [-0.05, 0) is 31.6 Å². The number of likely N-dealkylation sites (N-methyl/N-ethyl adjacent to an activating group) is 1. The third kappa shape index (κ3) is 4.00. The van der Waals surface area contributed by atoms with E-state index in [-0.39, 0.29) is 5.82 Å². The molecule has 0 saturated carbocycles. The van der Waals surface area contributed by atoms with Crippen molar-refractivity contribution in [1.29, 1.82) is 0 Å². The van der Waals surface area contributed by atoms with Crippen LogP contribution in [0.1, 0.15) is 24.5 Å². The van der Waals surface area contributed by atoms with Crippen LogP contribution in [-0.4, -0.2) is 37.7 Å². The van der Waals surface area contributed by atoms with E-state index in [4.69, 9.17) is 4.74 Å². The van der Waals surface area contributed by atoms with E-state index in [1.54, 1.807) is 6.07 Å². The monoisotopic (exact) mass is 266 g/mol. The molecule has 0 radical (unpaired) electrons. The van der Waals surface area contributed by atoms with Crippen molar-refractivity contribution in [3.8, 4) is 0 Å². The minimum Gasteiger partial charge on any atom is -0.380 e. The quantitative estimate of drug-likeness (QED) is 0.854. The van der Waals surface area contributed by atoms with Crippen molar-refractivity contribution < 1.29 is 9.13 Å². The zero-order chi connectivity index (χ0) is 13.7. The van der Waals surface area contributed by atoms with Gasteiger partial charge in [-0.25, -0.2) is 4.39 Å². The first-order chi connectivity index (χ1) is 9.20. The lowest BCUT2D eigenvalue weighted by atomic mass is 10.1. The summed E-state index contributed by atoms with van der Waals surface area (Å²) in [5.41, 5.74) is 1.90. The fraction of sp³-hybridized carbons (Fsp3) is 0.600. The van der Waals surface area contributed by atoms with Gasteiger partial charge in [0, 0.05) is 31.3 Å². The minimum atomic E-state index is -0.119. The Hall–Kier alpha value is -0.970. The van der Waals surface area contributed by atoms with Crippen LogP contribution in [0.4, 0.5) is 4.39 Å². The molecule has 0 bridgehead atoms. The van der Waals surface area contributed by atoms with E-state index in [0.717, 1.165) is 43.9 Å². The Kier molecular flexibility index (Phi) is 5.31. The molecule has 1 heterocycles. The van der Waals surface area contributed by atoms with Gasteiger partial charge in [0.05, 0.1) is 6.61 Å². The van der Waals surface area contributed by atoms with Gasteiger partial charge in [0.1, 0.15) is 5.82 Å². The Balaban J connectivity index is 2.01. The van der Waals surface area contributed by atoms with Crippen molar-refractivity contribution in [3.05, 3.63) is 35.1 Å². The molecule has 4 heteroatoms. The van der Waals surface area contributed by atoms with Gasteiger partial charge in [-0.2, -0.15) is 0 Å². The minimum absolute atomic E-state index is 0.119. The van der Waals surface area contributed by atoms with Gasteiger partial charge in [0.25, 0.3) is 0 Å². The lowest BCUT2D eigenvalue weighted by Crippen LogP contribution is -2.31. The Morgan fingerprint density at radius 2 is 2.32 bits per heavy atom. The molecule has 1 atom stereocenters. The summed E-state index contributed by atoms with van der Waals surface area (Å²) in [6, 6.07) is 5.79. The largest absolute Gasteiger partial charge is 0.380 e. The zero-order valence-corrected chi connectivity index (χ0v) is 11.8. The molecule has 1 aromatic carbocycles. The molecule has 19 heavy (non-hydrogen) atoms. The van der Waals surface area contributed by atoms with Crippen LogP contribution < -0.4 is 5.32 Å². The predicted molar refractivity (Wildman–Crippen MR) is 74.5 cm³/mol. The molecule has 1 aliphatic heterocycles. The van der Waals surface area contributed by atoms with Crippen molar-refractivity contribution in [3.63, 3.8) is 0 Å². The van der Waals surface area contributed by atoms with Crippen molar-refractivity contribution in [1.82, 2.24) is 10.2 Å².